The lowest BCUT2D eigenvalue weighted by Gasteiger charge is -2.13. The minimum Gasteiger partial charge on any atom is -0.367 e. The Morgan fingerprint density at radius 3 is 2.45 bits per heavy atom. The first kappa shape index (κ1) is 16.3. The molecule has 0 aromatic heterocycles. The van der Waals surface area contributed by atoms with Gasteiger partial charge >= 0.3 is 0 Å². The number of carbonyl (C=O) groups is 1. The number of rotatable bonds is 6. The number of hydrazone groups is 1. The number of nitrogens with one attached hydrogen (secondary N) is 1. The molecular weight excluding hydrogens is 296 g/mol. The second-order valence-corrected chi connectivity index (χ2v) is 5.41. The fourth-order valence-electron chi connectivity index (χ4n) is 1.94. The third kappa shape index (κ3) is 4.44. The lowest BCUT2D eigenvalue weighted by molar-refractivity contribution is -0.131. The van der Waals surface area contributed by atoms with Crippen LogP contribution in [0.2, 0.25) is 0 Å². The Labute approximate surface area is 134 Å². The highest BCUT2D eigenvalue weighted by molar-refractivity contribution is 7.98. The molecule has 1 atom stereocenters. The number of benzene rings is 2. The van der Waals surface area contributed by atoms with Crippen LogP contribution in [0.15, 0.2) is 64.6 Å². The van der Waals surface area contributed by atoms with E-state index in [1.807, 2.05) is 60.9 Å². The van der Waals surface area contributed by atoms with Gasteiger partial charge in [-0.2, -0.15) is 5.10 Å². The first-order chi connectivity index (χ1) is 10.7. The van der Waals surface area contributed by atoms with Gasteiger partial charge in [0.25, 0.3) is 5.91 Å². The summed E-state index contributed by atoms with van der Waals surface area (Å²) < 4.78 is 5.24. The van der Waals surface area contributed by atoms with Crippen molar-refractivity contribution >= 4 is 23.9 Å². The van der Waals surface area contributed by atoms with Gasteiger partial charge in [-0.25, -0.2) is 5.43 Å². The summed E-state index contributed by atoms with van der Waals surface area (Å²) in [6, 6.07) is 17.2. The number of amides is 1. The number of ether oxygens (including phenoxy) is 1. The van der Waals surface area contributed by atoms with E-state index in [9.17, 15) is 4.79 Å². The van der Waals surface area contributed by atoms with Gasteiger partial charge in [-0.3, -0.25) is 4.79 Å². The standard InChI is InChI=1S/C17H18N2O2S/c1-21-16(14-6-4-3-5-7-14)17(20)19-18-12-13-8-10-15(22-2)11-9-13/h3-12,16H,1-2H3,(H,19,20)/b18-12-/t16-/m1/s1. The number of hydrogen-bond donors (Lipinski definition) is 1. The van der Waals surface area contributed by atoms with Gasteiger partial charge in [-0.1, -0.05) is 42.5 Å². The SMILES string of the molecule is CO[C@@H](C(=O)N/N=C\c1ccc(SC)cc1)c1ccccc1. The van der Waals surface area contributed by atoms with Crippen LogP contribution in [0.25, 0.3) is 0 Å². The van der Waals surface area contributed by atoms with Crippen LogP contribution in [-0.2, 0) is 9.53 Å². The Bertz CT molecular complexity index is 627. The smallest absolute Gasteiger partial charge is 0.273 e. The average molecular weight is 314 g/mol. The molecule has 0 aliphatic rings. The highest BCUT2D eigenvalue weighted by Gasteiger charge is 2.18. The molecule has 5 heteroatoms. The molecule has 0 saturated carbocycles. The second kappa shape index (κ2) is 8.36. The second-order valence-electron chi connectivity index (χ2n) is 4.53. The summed E-state index contributed by atoms with van der Waals surface area (Å²) in [5.41, 5.74) is 4.23. The molecule has 4 nitrogen and oxygen atoms in total. The first-order valence-corrected chi connectivity index (χ1v) is 8.02. The molecule has 1 amide bonds. The molecule has 0 aliphatic carbocycles. The molecule has 0 unspecified atom stereocenters. The minimum atomic E-state index is -0.669. The molecule has 0 saturated heterocycles. The molecule has 0 radical (unpaired) electrons. The van der Waals surface area contributed by atoms with Crippen LogP contribution in [0.5, 0.6) is 0 Å². The maximum absolute atomic E-state index is 12.1. The van der Waals surface area contributed by atoms with Crippen molar-refractivity contribution in [2.45, 2.75) is 11.0 Å². The van der Waals surface area contributed by atoms with E-state index in [0.29, 0.717) is 0 Å². The maximum atomic E-state index is 12.1. The van der Waals surface area contributed by atoms with Gasteiger partial charge in [0.1, 0.15) is 0 Å². The highest BCUT2D eigenvalue weighted by Crippen LogP contribution is 2.16. The fourth-order valence-corrected chi connectivity index (χ4v) is 2.35. The predicted octanol–water partition coefficient (Wildman–Crippen LogP) is 3.25. The van der Waals surface area contributed by atoms with Crippen molar-refractivity contribution in [1.82, 2.24) is 5.43 Å². The third-order valence-electron chi connectivity index (χ3n) is 3.08. The predicted molar refractivity (Wildman–Crippen MR) is 90.2 cm³/mol. The van der Waals surface area contributed by atoms with Crippen LogP contribution in [0.1, 0.15) is 17.2 Å². The van der Waals surface area contributed by atoms with Crippen LogP contribution < -0.4 is 5.43 Å². The molecule has 0 spiro atoms. The van der Waals surface area contributed by atoms with Crippen LogP contribution in [-0.4, -0.2) is 25.5 Å². The number of thioether (sulfide) groups is 1. The van der Waals surface area contributed by atoms with E-state index in [1.165, 1.54) is 12.0 Å². The number of methoxy groups -OCH3 is 1. The molecule has 22 heavy (non-hydrogen) atoms. The van der Waals surface area contributed by atoms with Gasteiger partial charge in [0.15, 0.2) is 6.10 Å². The molecular formula is C17H18N2O2S. The van der Waals surface area contributed by atoms with E-state index in [4.69, 9.17) is 4.74 Å². The molecule has 2 aromatic carbocycles. The lowest BCUT2D eigenvalue weighted by Crippen LogP contribution is -2.26. The van der Waals surface area contributed by atoms with Crippen molar-refractivity contribution in [2.24, 2.45) is 5.10 Å². The number of hydrogen-bond acceptors (Lipinski definition) is 4. The Kier molecular flexibility index (Phi) is 6.18. The molecule has 0 bridgehead atoms. The van der Waals surface area contributed by atoms with Gasteiger partial charge in [0.05, 0.1) is 6.21 Å². The van der Waals surface area contributed by atoms with Crippen molar-refractivity contribution < 1.29 is 9.53 Å². The Balaban J connectivity index is 1.97. The molecule has 0 fully saturated rings. The molecule has 0 aliphatic heterocycles. The van der Waals surface area contributed by atoms with Crippen LogP contribution >= 0.6 is 11.8 Å². The van der Waals surface area contributed by atoms with Crippen LogP contribution in [0.4, 0.5) is 0 Å². The lowest BCUT2D eigenvalue weighted by atomic mass is 10.1. The van der Waals surface area contributed by atoms with Gasteiger partial charge < -0.3 is 4.74 Å². The monoisotopic (exact) mass is 314 g/mol. The molecule has 2 rings (SSSR count). The highest BCUT2D eigenvalue weighted by atomic mass is 32.2. The summed E-state index contributed by atoms with van der Waals surface area (Å²) in [6.45, 7) is 0. The van der Waals surface area contributed by atoms with Gasteiger partial charge in [0, 0.05) is 12.0 Å². The largest absolute Gasteiger partial charge is 0.367 e. The van der Waals surface area contributed by atoms with Crippen molar-refractivity contribution in [2.75, 3.05) is 13.4 Å². The van der Waals surface area contributed by atoms with E-state index in [1.54, 1.807) is 18.0 Å². The third-order valence-corrected chi connectivity index (χ3v) is 3.82. The Hall–Kier alpha value is -2.11. The van der Waals surface area contributed by atoms with E-state index < -0.39 is 6.10 Å². The van der Waals surface area contributed by atoms with Crippen LogP contribution in [0, 0.1) is 0 Å². The Morgan fingerprint density at radius 2 is 1.86 bits per heavy atom. The van der Waals surface area contributed by atoms with E-state index in [0.717, 1.165) is 11.1 Å². The summed E-state index contributed by atoms with van der Waals surface area (Å²) in [5, 5.41) is 3.98. The topological polar surface area (TPSA) is 50.7 Å². The quantitative estimate of drug-likeness (QED) is 0.506. The normalized spacial score (nSPS) is 12.3. The van der Waals surface area contributed by atoms with E-state index >= 15 is 0 Å². The maximum Gasteiger partial charge on any atom is 0.273 e. The Morgan fingerprint density at radius 1 is 1.18 bits per heavy atom. The molecule has 114 valence electrons. The minimum absolute atomic E-state index is 0.300. The first-order valence-electron chi connectivity index (χ1n) is 6.79. The molecule has 2 aromatic rings. The summed E-state index contributed by atoms with van der Waals surface area (Å²) in [5.74, 6) is -0.300. The summed E-state index contributed by atoms with van der Waals surface area (Å²) in [4.78, 5) is 13.3. The van der Waals surface area contributed by atoms with Gasteiger partial charge in [0.2, 0.25) is 0 Å². The van der Waals surface area contributed by atoms with Crippen molar-refractivity contribution in [1.29, 1.82) is 0 Å². The fraction of sp³-hybridized carbons (Fsp3) is 0.176. The summed E-state index contributed by atoms with van der Waals surface area (Å²) in [7, 11) is 1.50. The average Bonchev–Trinajstić information content (AvgIpc) is 2.57. The number of nitrogens with zero attached hydrogens (tertiary/aromatic N) is 1. The van der Waals surface area contributed by atoms with Crippen molar-refractivity contribution in [3.63, 3.8) is 0 Å². The molecule has 1 N–H and O–H groups in total. The van der Waals surface area contributed by atoms with Gasteiger partial charge in [-0.05, 0) is 29.5 Å². The zero-order valence-electron chi connectivity index (χ0n) is 12.5. The van der Waals surface area contributed by atoms with E-state index in [2.05, 4.69) is 10.5 Å². The van der Waals surface area contributed by atoms with E-state index in [-0.39, 0.29) is 5.91 Å². The summed E-state index contributed by atoms with van der Waals surface area (Å²) >= 11 is 1.68. The summed E-state index contributed by atoms with van der Waals surface area (Å²) in [6.07, 6.45) is 2.97. The molecule has 0 heterocycles. The zero-order valence-corrected chi connectivity index (χ0v) is 13.3. The van der Waals surface area contributed by atoms with Crippen molar-refractivity contribution in [3.05, 3.63) is 65.7 Å². The number of carbonyl (C=O) groups excluding carboxylic acids is 1. The zero-order chi connectivity index (χ0) is 15.8. The van der Waals surface area contributed by atoms with Crippen molar-refractivity contribution in [3.8, 4) is 0 Å². The van der Waals surface area contributed by atoms with Crippen LogP contribution in [0.3, 0.4) is 0 Å². The van der Waals surface area contributed by atoms with Gasteiger partial charge in [-0.15, -0.1) is 11.8 Å².